The van der Waals surface area contributed by atoms with Crippen molar-refractivity contribution < 1.29 is 33.0 Å². The Morgan fingerprint density at radius 1 is 1.23 bits per heavy atom. The summed E-state index contributed by atoms with van der Waals surface area (Å²) in [6, 6.07) is 0. The Morgan fingerprint density at radius 3 is 2.67 bits per heavy atom. The topological polar surface area (TPSA) is 130 Å². The zero-order valence-electron chi connectivity index (χ0n) is 23.4. The zero-order chi connectivity index (χ0) is 28.1. The molecule has 3 heterocycles. The average molecular weight is 539 g/mol. The minimum Gasteiger partial charge on any atom is -0.472 e. The van der Waals surface area contributed by atoms with Crippen molar-refractivity contribution in [3.63, 3.8) is 0 Å². The predicted octanol–water partition coefficient (Wildman–Crippen LogP) is 2.99. The molecule has 9 heteroatoms. The second-order valence-electron chi connectivity index (χ2n) is 12.7. The van der Waals surface area contributed by atoms with Gasteiger partial charge in [0.15, 0.2) is 5.78 Å². The first-order chi connectivity index (χ1) is 18.5. The van der Waals surface area contributed by atoms with Gasteiger partial charge < -0.3 is 18.6 Å². The SMILES string of the molecule is COC(=O)C(C)[C@H]1[C@]2(C)C3=C(C)[C@H](c4cocc4CCNN)C[C@H]3O[C@@H]2[C@@H]2OC(=O)[C@]3(C)C=CC(=O)[C@@]1(C)[C@@H]23. The first-order valence-electron chi connectivity index (χ1n) is 13.8. The molecule has 1 saturated carbocycles. The molecule has 0 bridgehead atoms. The molecule has 2 aliphatic heterocycles. The minimum atomic E-state index is -1.05. The van der Waals surface area contributed by atoms with Crippen molar-refractivity contribution in [3.05, 3.63) is 47.0 Å². The molecule has 0 amide bonds. The van der Waals surface area contributed by atoms with Gasteiger partial charge in [-0.15, -0.1) is 0 Å². The molecular weight excluding hydrogens is 500 g/mol. The minimum absolute atomic E-state index is 0.0623. The number of ketones is 1. The Balaban J connectivity index is 1.54. The Hall–Kier alpha value is -2.75. The Labute approximate surface area is 228 Å². The van der Waals surface area contributed by atoms with Crippen molar-refractivity contribution in [2.24, 2.45) is 39.8 Å². The van der Waals surface area contributed by atoms with E-state index in [0.717, 1.165) is 28.7 Å². The van der Waals surface area contributed by atoms with Gasteiger partial charge in [0.1, 0.15) is 12.2 Å². The summed E-state index contributed by atoms with van der Waals surface area (Å²) in [5.41, 5.74) is 4.39. The fraction of sp³-hybridized carbons (Fsp3) is 0.633. The molecule has 3 aliphatic carbocycles. The summed E-state index contributed by atoms with van der Waals surface area (Å²) >= 11 is 0. The lowest BCUT2D eigenvalue weighted by Gasteiger charge is -2.60. The van der Waals surface area contributed by atoms with Gasteiger partial charge in [-0.25, -0.2) is 0 Å². The van der Waals surface area contributed by atoms with Crippen LogP contribution in [0, 0.1) is 34.0 Å². The first-order valence-corrected chi connectivity index (χ1v) is 13.8. The molecule has 0 aromatic carbocycles. The maximum Gasteiger partial charge on any atom is 0.316 e. The van der Waals surface area contributed by atoms with Crippen LogP contribution in [0.25, 0.3) is 0 Å². The number of furan rings is 1. The molecule has 3 N–H and O–H groups in total. The van der Waals surface area contributed by atoms with Crippen molar-refractivity contribution >= 4 is 17.7 Å². The monoisotopic (exact) mass is 538 g/mol. The summed E-state index contributed by atoms with van der Waals surface area (Å²) in [5, 5.41) is 0. The Morgan fingerprint density at radius 2 is 1.97 bits per heavy atom. The molecule has 5 aliphatic rings. The number of esters is 2. The number of carbonyl (C=O) groups is 3. The molecule has 10 atom stereocenters. The summed E-state index contributed by atoms with van der Waals surface area (Å²) in [4.78, 5) is 40.5. The van der Waals surface area contributed by atoms with E-state index < -0.39 is 46.2 Å². The van der Waals surface area contributed by atoms with Crippen molar-refractivity contribution in [1.82, 2.24) is 5.43 Å². The number of nitrogens with two attached hydrogens (primary N) is 1. The van der Waals surface area contributed by atoms with E-state index in [2.05, 4.69) is 19.3 Å². The molecule has 39 heavy (non-hydrogen) atoms. The lowest BCUT2D eigenvalue weighted by Crippen LogP contribution is -2.67. The maximum atomic E-state index is 14.0. The van der Waals surface area contributed by atoms with Crippen LogP contribution in [-0.4, -0.2) is 49.7 Å². The van der Waals surface area contributed by atoms with E-state index in [1.807, 2.05) is 20.8 Å². The number of ether oxygens (including phenoxy) is 3. The molecule has 2 saturated heterocycles. The van der Waals surface area contributed by atoms with Crippen molar-refractivity contribution in [3.8, 4) is 0 Å². The summed E-state index contributed by atoms with van der Waals surface area (Å²) in [7, 11) is 1.38. The van der Waals surface area contributed by atoms with Crippen LogP contribution < -0.4 is 11.3 Å². The lowest BCUT2D eigenvalue weighted by molar-refractivity contribution is -0.198. The van der Waals surface area contributed by atoms with E-state index in [1.54, 1.807) is 18.6 Å². The summed E-state index contributed by atoms with van der Waals surface area (Å²) in [6.07, 6.45) is 6.90. The molecule has 0 spiro atoms. The molecule has 1 aromatic heterocycles. The number of rotatable bonds is 6. The second-order valence-corrected chi connectivity index (χ2v) is 12.7. The van der Waals surface area contributed by atoms with Crippen LogP contribution in [0.1, 0.15) is 58.1 Å². The van der Waals surface area contributed by atoms with Gasteiger partial charge in [-0.3, -0.25) is 25.7 Å². The van der Waals surface area contributed by atoms with Gasteiger partial charge in [-0.1, -0.05) is 32.4 Å². The van der Waals surface area contributed by atoms with Crippen LogP contribution in [-0.2, 0) is 35.0 Å². The molecule has 0 radical (unpaired) electrons. The van der Waals surface area contributed by atoms with E-state index in [1.165, 1.54) is 13.2 Å². The van der Waals surface area contributed by atoms with Gasteiger partial charge in [-0.05, 0) is 49.8 Å². The third-order valence-corrected chi connectivity index (χ3v) is 11.0. The van der Waals surface area contributed by atoms with Crippen molar-refractivity contribution in [1.29, 1.82) is 0 Å². The standard InChI is InChI=1S/C30H38N2O7/c1-14-17(18-13-37-12-16(18)8-10-32-31)11-19-21(14)30(5)23(15(2)26(34)36-6)29(4)20(33)7-9-28(3)24(29)22(25(30)38-19)39-27(28)35/h7,9,12-13,15,17,19,22-25,32H,8,10-11,31H2,1-6H3/t15?,17-,19-,22-,23-,24+,25-,28-,29-,30+/m1/s1. The highest BCUT2D eigenvalue weighted by atomic mass is 16.6. The maximum absolute atomic E-state index is 14.0. The fourth-order valence-corrected chi connectivity index (χ4v) is 9.56. The largest absolute Gasteiger partial charge is 0.472 e. The normalized spacial score (nSPS) is 42.7. The quantitative estimate of drug-likeness (QED) is 0.243. The lowest BCUT2D eigenvalue weighted by atomic mass is 9.40. The molecule has 6 rings (SSSR count). The Kier molecular flexibility index (Phi) is 5.85. The highest BCUT2D eigenvalue weighted by Crippen LogP contribution is 2.72. The number of hydrogen-bond donors (Lipinski definition) is 2. The molecule has 3 fully saturated rings. The summed E-state index contributed by atoms with van der Waals surface area (Å²) in [5.74, 6) is 3.23. The highest BCUT2D eigenvalue weighted by Gasteiger charge is 2.78. The zero-order valence-corrected chi connectivity index (χ0v) is 23.4. The summed E-state index contributed by atoms with van der Waals surface area (Å²) < 4.78 is 23.9. The average Bonchev–Trinajstić information content (AvgIpc) is 3.63. The molecule has 9 nitrogen and oxygen atoms in total. The van der Waals surface area contributed by atoms with Crippen LogP contribution in [0.4, 0.5) is 0 Å². The van der Waals surface area contributed by atoms with E-state index in [4.69, 9.17) is 24.5 Å². The van der Waals surface area contributed by atoms with Gasteiger partial charge in [-0.2, -0.15) is 0 Å². The van der Waals surface area contributed by atoms with Crippen LogP contribution in [0.5, 0.6) is 0 Å². The molecule has 210 valence electrons. The van der Waals surface area contributed by atoms with E-state index in [9.17, 15) is 14.4 Å². The summed E-state index contributed by atoms with van der Waals surface area (Å²) in [6.45, 7) is 10.5. The third-order valence-electron chi connectivity index (χ3n) is 11.0. The van der Waals surface area contributed by atoms with E-state index in [-0.39, 0.29) is 29.7 Å². The Bertz CT molecular complexity index is 1310. The fourth-order valence-electron chi connectivity index (χ4n) is 9.56. The molecular formula is C30H38N2O7. The number of methoxy groups -OCH3 is 1. The number of nitrogens with one attached hydrogen (secondary N) is 1. The van der Waals surface area contributed by atoms with Crippen LogP contribution in [0.15, 0.2) is 40.2 Å². The number of allylic oxidation sites excluding steroid dienone is 2. The van der Waals surface area contributed by atoms with E-state index >= 15 is 0 Å². The van der Waals surface area contributed by atoms with Crippen LogP contribution in [0.2, 0.25) is 0 Å². The number of hydrazine groups is 1. The van der Waals surface area contributed by atoms with Gasteiger partial charge in [0, 0.05) is 34.8 Å². The molecule has 1 unspecified atom stereocenters. The number of hydrogen-bond acceptors (Lipinski definition) is 9. The van der Waals surface area contributed by atoms with Crippen molar-refractivity contribution in [2.45, 2.75) is 71.7 Å². The third kappa shape index (κ3) is 3.15. The predicted molar refractivity (Wildman–Crippen MR) is 140 cm³/mol. The van der Waals surface area contributed by atoms with Gasteiger partial charge in [0.2, 0.25) is 0 Å². The van der Waals surface area contributed by atoms with Gasteiger partial charge in [0.25, 0.3) is 0 Å². The molecule has 1 aromatic rings. The highest BCUT2D eigenvalue weighted by molar-refractivity contribution is 6.00. The van der Waals surface area contributed by atoms with Crippen molar-refractivity contribution in [2.75, 3.05) is 13.7 Å². The second kappa shape index (κ2) is 8.62. The van der Waals surface area contributed by atoms with E-state index in [0.29, 0.717) is 13.0 Å². The van der Waals surface area contributed by atoms with Crippen LogP contribution >= 0.6 is 0 Å². The smallest absolute Gasteiger partial charge is 0.316 e. The van der Waals surface area contributed by atoms with Gasteiger partial charge >= 0.3 is 11.9 Å². The number of carbonyl (C=O) groups excluding carboxylic acids is 3. The van der Waals surface area contributed by atoms with Gasteiger partial charge in [0.05, 0.1) is 37.1 Å². The first kappa shape index (κ1) is 26.5. The van der Waals surface area contributed by atoms with Crippen LogP contribution in [0.3, 0.4) is 0 Å². The number of fused-ring (bicyclic) bond motifs is 4.